The van der Waals surface area contributed by atoms with Gasteiger partial charge in [-0.25, -0.2) is 0 Å². The van der Waals surface area contributed by atoms with E-state index in [0.29, 0.717) is 24.0 Å². The van der Waals surface area contributed by atoms with Crippen molar-refractivity contribution >= 4 is 0 Å². The Kier molecular flexibility index (Phi) is 6.05. The maximum atomic E-state index is 12.4. The molecule has 5 rings (SSSR count). The minimum atomic E-state index is -4.72. The summed E-state index contributed by atoms with van der Waals surface area (Å²) in [5.74, 6) is 0.468. The van der Waals surface area contributed by atoms with Crippen LogP contribution in [-0.4, -0.2) is 26.3 Å². The molecule has 0 spiro atoms. The van der Waals surface area contributed by atoms with Crippen LogP contribution >= 0.6 is 0 Å². The van der Waals surface area contributed by atoms with E-state index in [9.17, 15) is 13.2 Å². The van der Waals surface area contributed by atoms with Crippen LogP contribution in [0.2, 0.25) is 0 Å². The van der Waals surface area contributed by atoms with Gasteiger partial charge in [-0.2, -0.15) is 10.1 Å². The van der Waals surface area contributed by atoms with Crippen molar-refractivity contribution < 1.29 is 22.4 Å². The van der Waals surface area contributed by atoms with Gasteiger partial charge in [0.15, 0.2) is 5.69 Å². The van der Waals surface area contributed by atoms with Gasteiger partial charge in [0.2, 0.25) is 5.82 Å². The maximum Gasteiger partial charge on any atom is 0.573 e. The molecular formula is C27H21F3N4O2. The molecule has 0 atom stereocenters. The predicted molar refractivity (Wildman–Crippen MR) is 128 cm³/mol. The fourth-order valence-corrected chi connectivity index (χ4v) is 3.75. The Labute approximate surface area is 205 Å². The summed E-state index contributed by atoms with van der Waals surface area (Å²) in [6.07, 6.45) is -4.72. The molecular weight excluding hydrogens is 469 g/mol. The zero-order valence-electron chi connectivity index (χ0n) is 19.5. The molecule has 0 saturated carbocycles. The largest absolute Gasteiger partial charge is 0.573 e. The van der Waals surface area contributed by atoms with Gasteiger partial charge in [0, 0.05) is 11.3 Å². The third kappa shape index (κ3) is 5.30. The van der Waals surface area contributed by atoms with Crippen molar-refractivity contribution in [1.82, 2.24) is 19.9 Å². The Morgan fingerprint density at radius 2 is 1.44 bits per heavy atom. The van der Waals surface area contributed by atoms with Crippen LogP contribution in [0.25, 0.3) is 34.1 Å². The van der Waals surface area contributed by atoms with Crippen LogP contribution in [0.15, 0.2) is 83.4 Å². The molecule has 3 aromatic carbocycles. The van der Waals surface area contributed by atoms with Gasteiger partial charge in [-0.15, -0.1) is 13.2 Å². The Morgan fingerprint density at radius 1 is 0.833 bits per heavy atom. The van der Waals surface area contributed by atoms with Crippen LogP contribution in [0.4, 0.5) is 13.2 Å². The highest BCUT2D eigenvalue weighted by Gasteiger charge is 2.31. The first-order valence-corrected chi connectivity index (χ1v) is 11.1. The number of rotatable bonds is 6. The Hall–Kier alpha value is -4.40. The van der Waals surface area contributed by atoms with Crippen LogP contribution in [0.1, 0.15) is 16.8 Å². The van der Waals surface area contributed by atoms with Crippen molar-refractivity contribution in [2.24, 2.45) is 0 Å². The Balaban J connectivity index is 1.30. The predicted octanol–water partition coefficient (Wildman–Crippen LogP) is 6.83. The van der Waals surface area contributed by atoms with E-state index in [-0.39, 0.29) is 5.75 Å². The molecule has 0 fully saturated rings. The molecule has 0 amide bonds. The highest BCUT2D eigenvalue weighted by molar-refractivity contribution is 5.68. The van der Waals surface area contributed by atoms with Crippen molar-refractivity contribution in [2.75, 3.05) is 0 Å². The summed E-state index contributed by atoms with van der Waals surface area (Å²) in [6.45, 7) is 4.66. The number of hydrogen-bond donors (Lipinski definition) is 0. The van der Waals surface area contributed by atoms with Gasteiger partial charge in [-0.3, -0.25) is 4.68 Å². The topological polar surface area (TPSA) is 66.0 Å². The molecule has 2 heterocycles. The van der Waals surface area contributed by atoms with Crippen molar-refractivity contribution in [1.29, 1.82) is 0 Å². The fourth-order valence-electron chi connectivity index (χ4n) is 3.75. The molecule has 0 bridgehead atoms. The monoisotopic (exact) mass is 490 g/mol. The van der Waals surface area contributed by atoms with E-state index in [1.54, 1.807) is 12.1 Å². The molecule has 0 aliphatic carbocycles. The van der Waals surface area contributed by atoms with Crippen molar-refractivity contribution in [3.8, 4) is 39.8 Å². The number of halogens is 3. The fraction of sp³-hybridized carbons (Fsp3) is 0.148. The number of benzene rings is 3. The van der Waals surface area contributed by atoms with E-state index < -0.39 is 6.36 Å². The molecule has 0 saturated heterocycles. The first-order valence-electron chi connectivity index (χ1n) is 11.1. The van der Waals surface area contributed by atoms with E-state index >= 15 is 0 Å². The summed E-state index contributed by atoms with van der Waals surface area (Å²) in [4.78, 5) is 4.50. The molecule has 2 aromatic heterocycles. The van der Waals surface area contributed by atoms with Crippen molar-refractivity contribution in [2.45, 2.75) is 26.8 Å². The van der Waals surface area contributed by atoms with E-state index in [1.807, 2.05) is 41.9 Å². The second-order valence-corrected chi connectivity index (χ2v) is 8.39. The van der Waals surface area contributed by atoms with E-state index in [2.05, 4.69) is 51.2 Å². The molecule has 182 valence electrons. The van der Waals surface area contributed by atoms with Gasteiger partial charge >= 0.3 is 6.36 Å². The minimum absolute atomic E-state index is 0.265. The summed E-state index contributed by atoms with van der Waals surface area (Å²) in [5.41, 5.74) is 6.23. The standard InChI is InChI=1S/C27H21F3N4O2/c1-17-3-5-19(6-4-17)16-34-18(2)15-24(32-34)26-31-25(33-36-26)22-9-7-20(8-10-22)21-11-13-23(14-12-21)35-27(28,29)30/h3-15H,16H2,1-2H3. The normalized spacial score (nSPS) is 11.6. The smallest absolute Gasteiger partial charge is 0.406 e. The minimum Gasteiger partial charge on any atom is -0.406 e. The first-order chi connectivity index (χ1) is 17.2. The zero-order chi connectivity index (χ0) is 25.3. The van der Waals surface area contributed by atoms with E-state index in [1.165, 1.54) is 17.7 Å². The third-order valence-electron chi connectivity index (χ3n) is 5.64. The molecule has 5 aromatic rings. The average molecular weight is 490 g/mol. The quantitative estimate of drug-likeness (QED) is 0.261. The SMILES string of the molecule is Cc1ccc(Cn2nc(-c3nc(-c4ccc(-c5ccc(OC(F)(F)F)cc5)cc4)no3)cc2C)cc1. The molecule has 0 unspecified atom stereocenters. The molecule has 0 aliphatic rings. The van der Waals surface area contributed by atoms with E-state index in [0.717, 1.165) is 27.9 Å². The zero-order valence-corrected chi connectivity index (χ0v) is 19.5. The van der Waals surface area contributed by atoms with Crippen molar-refractivity contribution in [3.63, 3.8) is 0 Å². The van der Waals surface area contributed by atoms with Crippen molar-refractivity contribution in [3.05, 3.63) is 95.7 Å². The lowest BCUT2D eigenvalue weighted by molar-refractivity contribution is -0.274. The molecule has 9 heteroatoms. The average Bonchev–Trinajstić information content (AvgIpc) is 3.47. The molecule has 0 aliphatic heterocycles. The summed E-state index contributed by atoms with van der Waals surface area (Å²) in [6, 6.07) is 23.2. The molecule has 0 radical (unpaired) electrons. The summed E-state index contributed by atoms with van der Waals surface area (Å²) < 4.78 is 48.3. The summed E-state index contributed by atoms with van der Waals surface area (Å²) in [5, 5.41) is 8.71. The summed E-state index contributed by atoms with van der Waals surface area (Å²) in [7, 11) is 0. The molecule has 6 nitrogen and oxygen atoms in total. The van der Waals surface area contributed by atoms with Gasteiger partial charge in [-0.1, -0.05) is 71.4 Å². The van der Waals surface area contributed by atoms with Crippen LogP contribution in [0.5, 0.6) is 5.75 Å². The Bertz CT molecular complexity index is 1470. The highest BCUT2D eigenvalue weighted by atomic mass is 19.4. The Morgan fingerprint density at radius 3 is 2.08 bits per heavy atom. The number of aromatic nitrogens is 4. The maximum absolute atomic E-state index is 12.4. The van der Waals surface area contributed by atoms with Gasteiger partial charge in [0.25, 0.3) is 5.89 Å². The van der Waals surface area contributed by atoms with Gasteiger partial charge < -0.3 is 9.26 Å². The second kappa shape index (κ2) is 9.33. The number of aryl methyl sites for hydroxylation is 2. The van der Waals surface area contributed by atoms with Gasteiger partial charge in [0.05, 0.1) is 6.54 Å². The van der Waals surface area contributed by atoms with Crippen LogP contribution in [-0.2, 0) is 6.54 Å². The number of alkyl halides is 3. The summed E-state index contributed by atoms with van der Waals surface area (Å²) >= 11 is 0. The molecule has 0 N–H and O–H groups in total. The highest BCUT2D eigenvalue weighted by Crippen LogP contribution is 2.28. The van der Waals surface area contributed by atoms with Gasteiger partial charge in [-0.05, 0) is 48.7 Å². The third-order valence-corrected chi connectivity index (χ3v) is 5.64. The first kappa shape index (κ1) is 23.3. The number of ether oxygens (including phenoxy) is 1. The van der Waals surface area contributed by atoms with Crippen LogP contribution in [0.3, 0.4) is 0 Å². The van der Waals surface area contributed by atoms with Gasteiger partial charge in [0.1, 0.15) is 5.75 Å². The lowest BCUT2D eigenvalue weighted by Crippen LogP contribution is -2.16. The van der Waals surface area contributed by atoms with E-state index in [4.69, 9.17) is 4.52 Å². The number of nitrogens with zero attached hydrogens (tertiary/aromatic N) is 4. The lowest BCUT2D eigenvalue weighted by Gasteiger charge is -2.09. The van der Waals surface area contributed by atoms with Crippen LogP contribution < -0.4 is 4.74 Å². The lowest BCUT2D eigenvalue weighted by atomic mass is 10.0. The molecule has 36 heavy (non-hydrogen) atoms. The number of hydrogen-bond acceptors (Lipinski definition) is 5. The van der Waals surface area contributed by atoms with Crippen LogP contribution in [0, 0.1) is 13.8 Å². The second-order valence-electron chi connectivity index (χ2n) is 8.39.